The van der Waals surface area contributed by atoms with Crippen LogP contribution in [0.15, 0.2) is 65.8 Å². The minimum atomic E-state index is -0.416. The molecule has 0 saturated heterocycles. The molecule has 0 atom stereocenters. The van der Waals surface area contributed by atoms with E-state index in [2.05, 4.69) is 15.8 Å². The zero-order chi connectivity index (χ0) is 19.9. The van der Waals surface area contributed by atoms with Crippen LogP contribution in [0.25, 0.3) is 10.8 Å². The summed E-state index contributed by atoms with van der Waals surface area (Å²) >= 11 is 5.12. The number of aryl methyl sites for hydroxylation is 1. The summed E-state index contributed by atoms with van der Waals surface area (Å²) in [6, 6.07) is 18.8. The molecular weight excluding hydrogens is 370 g/mol. The Labute approximate surface area is 169 Å². The minimum Gasteiger partial charge on any atom is -0.422 e. The molecule has 0 radical (unpaired) electrons. The van der Waals surface area contributed by atoms with E-state index in [4.69, 9.17) is 17.0 Å². The Morgan fingerprint density at radius 3 is 2.61 bits per heavy atom. The highest BCUT2D eigenvalue weighted by Gasteiger charge is 2.13. The summed E-state index contributed by atoms with van der Waals surface area (Å²) in [5.41, 5.74) is 5.04. The number of carbonyl (C=O) groups excluding carboxylic acids is 1. The summed E-state index contributed by atoms with van der Waals surface area (Å²) in [5.74, 6) is 0.0188. The SMILES string of the molecule is CCNC(=S)N/N=C/c1c(OC(=O)c2ccc(C)cc2)ccc2ccccc12. The molecule has 0 saturated carbocycles. The van der Waals surface area contributed by atoms with Crippen LogP contribution in [-0.4, -0.2) is 23.8 Å². The maximum Gasteiger partial charge on any atom is 0.343 e. The summed E-state index contributed by atoms with van der Waals surface area (Å²) in [4.78, 5) is 12.6. The summed E-state index contributed by atoms with van der Waals surface area (Å²) in [7, 11) is 0. The number of hydrogen-bond acceptors (Lipinski definition) is 4. The van der Waals surface area contributed by atoms with Gasteiger partial charge in [-0.2, -0.15) is 5.10 Å². The van der Waals surface area contributed by atoms with Gasteiger partial charge in [-0.3, -0.25) is 5.43 Å². The number of nitrogens with one attached hydrogen (secondary N) is 2. The average molecular weight is 391 g/mol. The van der Waals surface area contributed by atoms with Gasteiger partial charge in [0.2, 0.25) is 0 Å². The third kappa shape index (κ3) is 4.72. The molecule has 0 bridgehead atoms. The van der Waals surface area contributed by atoms with Crippen LogP contribution in [0.5, 0.6) is 5.75 Å². The minimum absolute atomic E-state index is 0.416. The monoisotopic (exact) mass is 391 g/mol. The van der Waals surface area contributed by atoms with Gasteiger partial charge in [-0.25, -0.2) is 4.79 Å². The standard InChI is InChI=1S/C22H21N3O2S/c1-3-23-22(28)25-24-14-19-18-7-5-4-6-16(18)12-13-20(19)27-21(26)17-10-8-15(2)9-11-17/h4-14H,3H2,1-2H3,(H2,23,25,28)/b24-14+. The van der Waals surface area contributed by atoms with Crippen molar-refractivity contribution in [2.75, 3.05) is 6.54 Å². The van der Waals surface area contributed by atoms with E-state index in [-0.39, 0.29) is 0 Å². The van der Waals surface area contributed by atoms with Crippen molar-refractivity contribution in [3.63, 3.8) is 0 Å². The van der Waals surface area contributed by atoms with E-state index in [1.54, 1.807) is 24.4 Å². The van der Waals surface area contributed by atoms with Crippen LogP contribution < -0.4 is 15.5 Å². The topological polar surface area (TPSA) is 62.7 Å². The van der Waals surface area contributed by atoms with E-state index in [1.165, 1.54) is 0 Å². The summed E-state index contributed by atoms with van der Waals surface area (Å²) < 4.78 is 5.68. The number of thiocarbonyl (C=S) groups is 1. The molecule has 0 aliphatic carbocycles. The van der Waals surface area contributed by atoms with E-state index in [0.717, 1.165) is 16.3 Å². The van der Waals surface area contributed by atoms with Crippen molar-refractivity contribution in [3.8, 4) is 5.75 Å². The second-order valence-corrected chi connectivity index (χ2v) is 6.59. The number of hydrazone groups is 1. The molecule has 3 rings (SSSR count). The number of esters is 1. The number of carbonyl (C=O) groups is 1. The molecule has 6 heteroatoms. The van der Waals surface area contributed by atoms with Gasteiger partial charge >= 0.3 is 5.97 Å². The smallest absolute Gasteiger partial charge is 0.343 e. The summed E-state index contributed by atoms with van der Waals surface area (Å²) in [5, 5.41) is 9.53. The van der Waals surface area contributed by atoms with E-state index >= 15 is 0 Å². The van der Waals surface area contributed by atoms with Gasteiger partial charge in [-0.1, -0.05) is 48.0 Å². The van der Waals surface area contributed by atoms with Gasteiger partial charge in [0.15, 0.2) is 5.11 Å². The predicted molar refractivity (Wildman–Crippen MR) is 117 cm³/mol. The molecule has 142 valence electrons. The maximum absolute atomic E-state index is 12.6. The Morgan fingerprint density at radius 2 is 1.86 bits per heavy atom. The molecule has 0 heterocycles. The zero-order valence-electron chi connectivity index (χ0n) is 15.7. The fourth-order valence-electron chi connectivity index (χ4n) is 2.70. The number of hydrogen-bond donors (Lipinski definition) is 2. The Hall–Kier alpha value is -3.25. The van der Waals surface area contributed by atoms with Crippen molar-refractivity contribution in [1.29, 1.82) is 0 Å². The number of benzene rings is 3. The average Bonchev–Trinajstić information content (AvgIpc) is 2.70. The molecule has 0 aliphatic rings. The molecule has 3 aromatic rings. The molecule has 2 N–H and O–H groups in total. The molecule has 0 aromatic heterocycles. The molecule has 0 unspecified atom stereocenters. The van der Waals surface area contributed by atoms with Gasteiger partial charge in [0.1, 0.15) is 5.75 Å². The van der Waals surface area contributed by atoms with Crippen molar-refractivity contribution in [3.05, 3.63) is 77.4 Å². The molecule has 0 spiro atoms. The second kappa shape index (κ2) is 9.10. The van der Waals surface area contributed by atoms with E-state index in [9.17, 15) is 4.79 Å². The van der Waals surface area contributed by atoms with Gasteiger partial charge in [0, 0.05) is 12.1 Å². The van der Waals surface area contributed by atoms with Crippen LogP contribution in [0.4, 0.5) is 0 Å². The van der Waals surface area contributed by atoms with Gasteiger partial charge in [-0.15, -0.1) is 0 Å². The third-order valence-electron chi connectivity index (χ3n) is 4.12. The Balaban J connectivity index is 1.92. The first-order chi connectivity index (χ1) is 13.6. The van der Waals surface area contributed by atoms with Crippen LogP contribution in [0.2, 0.25) is 0 Å². The van der Waals surface area contributed by atoms with Gasteiger partial charge in [-0.05, 0) is 55.0 Å². The largest absolute Gasteiger partial charge is 0.422 e. The lowest BCUT2D eigenvalue weighted by molar-refractivity contribution is 0.0735. The highest BCUT2D eigenvalue weighted by Crippen LogP contribution is 2.27. The fourth-order valence-corrected chi connectivity index (χ4v) is 2.90. The highest BCUT2D eigenvalue weighted by atomic mass is 32.1. The highest BCUT2D eigenvalue weighted by molar-refractivity contribution is 7.80. The van der Waals surface area contributed by atoms with Crippen molar-refractivity contribution in [2.24, 2.45) is 5.10 Å². The summed E-state index contributed by atoms with van der Waals surface area (Å²) in [6.45, 7) is 4.62. The first-order valence-electron chi connectivity index (χ1n) is 8.96. The van der Waals surface area contributed by atoms with Crippen molar-refractivity contribution in [2.45, 2.75) is 13.8 Å². The predicted octanol–water partition coefficient (Wildman–Crippen LogP) is 4.19. The van der Waals surface area contributed by atoms with Crippen LogP contribution in [0.1, 0.15) is 28.4 Å². The lowest BCUT2D eigenvalue weighted by Gasteiger charge is -2.11. The lowest BCUT2D eigenvalue weighted by Crippen LogP contribution is -2.31. The van der Waals surface area contributed by atoms with Gasteiger partial charge in [0.25, 0.3) is 0 Å². The Bertz CT molecular complexity index is 1030. The van der Waals surface area contributed by atoms with E-state index < -0.39 is 5.97 Å². The van der Waals surface area contributed by atoms with Crippen LogP contribution in [0.3, 0.4) is 0 Å². The fraction of sp³-hybridized carbons (Fsp3) is 0.136. The normalized spacial score (nSPS) is 10.8. The Kier molecular flexibility index (Phi) is 6.34. The van der Waals surface area contributed by atoms with E-state index in [1.807, 2.05) is 56.3 Å². The van der Waals surface area contributed by atoms with E-state index in [0.29, 0.717) is 28.5 Å². The molecule has 5 nitrogen and oxygen atoms in total. The molecular formula is C22H21N3O2S. The van der Waals surface area contributed by atoms with Crippen molar-refractivity contribution < 1.29 is 9.53 Å². The first kappa shape index (κ1) is 19.5. The lowest BCUT2D eigenvalue weighted by atomic mass is 10.0. The molecule has 3 aromatic carbocycles. The van der Waals surface area contributed by atoms with Crippen molar-refractivity contribution >= 4 is 40.3 Å². The zero-order valence-corrected chi connectivity index (χ0v) is 16.5. The molecule has 0 aliphatic heterocycles. The summed E-state index contributed by atoms with van der Waals surface area (Å²) in [6.07, 6.45) is 1.61. The number of ether oxygens (including phenoxy) is 1. The van der Waals surface area contributed by atoms with Crippen LogP contribution in [-0.2, 0) is 0 Å². The molecule has 28 heavy (non-hydrogen) atoms. The first-order valence-corrected chi connectivity index (χ1v) is 9.37. The number of rotatable bonds is 5. The van der Waals surface area contributed by atoms with Crippen LogP contribution in [0, 0.1) is 6.92 Å². The number of fused-ring (bicyclic) bond motifs is 1. The number of nitrogens with zero attached hydrogens (tertiary/aromatic N) is 1. The van der Waals surface area contributed by atoms with Gasteiger partial charge < -0.3 is 10.1 Å². The second-order valence-electron chi connectivity index (χ2n) is 6.18. The third-order valence-corrected chi connectivity index (χ3v) is 4.35. The maximum atomic E-state index is 12.6. The van der Waals surface area contributed by atoms with Gasteiger partial charge in [0.05, 0.1) is 11.8 Å². The van der Waals surface area contributed by atoms with Crippen molar-refractivity contribution in [1.82, 2.24) is 10.7 Å². The van der Waals surface area contributed by atoms with Crippen LogP contribution >= 0.6 is 12.2 Å². The quantitative estimate of drug-likeness (QED) is 0.225. The molecule has 0 fully saturated rings. The Morgan fingerprint density at radius 1 is 1.11 bits per heavy atom. The molecule has 0 amide bonds.